The fourth-order valence-corrected chi connectivity index (χ4v) is 2.71. The molecular formula is C15H19N3O4. The van der Waals surface area contributed by atoms with Crippen molar-refractivity contribution in [1.29, 1.82) is 0 Å². The van der Waals surface area contributed by atoms with Crippen molar-refractivity contribution in [1.82, 2.24) is 15.5 Å². The molecule has 3 heterocycles. The van der Waals surface area contributed by atoms with Crippen LogP contribution in [0.5, 0.6) is 0 Å². The van der Waals surface area contributed by atoms with Crippen LogP contribution in [0.4, 0.5) is 0 Å². The van der Waals surface area contributed by atoms with E-state index in [4.69, 9.17) is 13.7 Å². The van der Waals surface area contributed by atoms with Crippen molar-refractivity contribution in [3.63, 3.8) is 0 Å². The molecule has 1 fully saturated rings. The molecule has 1 amide bonds. The Bertz CT molecular complexity index is 676. The molecule has 7 heteroatoms. The predicted molar refractivity (Wildman–Crippen MR) is 76.5 cm³/mol. The fourth-order valence-electron chi connectivity index (χ4n) is 2.71. The third-order valence-electron chi connectivity index (χ3n) is 3.76. The lowest BCUT2D eigenvalue weighted by molar-refractivity contribution is 0.0894. The minimum absolute atomic E-state index is 0.0808. The van der Waals surface area contributed by atoms with Gasteiger partial charge >= 0.3 is 0 Å². The molecular weight excluding hydrogens is 286 g/mol. The van der Waals surface area contributed by atoms with Gasteiger partial charge in [-0.25, -0.2) is 4.98 Å². The van der Waals surface area contributed by atoms with Gasteiger partial charge in [0.2, 0.25) is 5.76 Å². The normalized spacial score (nSPS) is 21.2. The standard InChI is InChI=1S/C15H19N3O4/c1-8-4-12(22-18-8)5-11-6-20-7-13(11)17-15(19)14-9(2)16-10(3)21-14/h4,11,13H,5-7H2,1-3H3,(H,17,19)/t11-,13+/m1/s1. The third kappa shape index (κ3) is 3.04. The Hall–Kier alpha value is -2.15. The first-order chi connectivity index (χ1) is 10.5. The van der Waals surface area contributed by atoms with Gasteiger partial charge in [-0.15, -0.1) is 0 Å². The number of carbonyl (C=O) groups excluding carboxylic acids is 1. The summed E-state index contributed by atoms with van der Waals surface area (Å²) in [6.45, 7) is 6.42. The molecule has 0 spiro atoms. The molecule has 118 valence electrons. The first kappa shape index (κ1) is 14.8. The average molecular weight is 305 g/mol. The van der Waals surface area contributed by atoms with Gasteiger partial charge in [-0.05, 0) is 13.8 Å². The predicted octanol–water partition coefficient (Wildman–Crippen LogP) is 1.58. The minimum atomic E-state index is -0.257. The van der Waals surface area contributed by atoms with Crippen molar-refractivity contribution >= 4 is 5.91 Å². The molecule has 1 saturated heterocycles. The average Bonchev–Trinajstić information content (AvgIpc) is 3.13. The van der Waals surface area contributed by atoms with Gasteiger partial charge in [0.05, 0.1) is 30.6 Å². The number of amides is 1. The van der Waals surface area contributed by atoms with Gasteiger partial charge in [-0.1, -0.05) is 5.16 Å². The van der Waals surface area contributed by atoms with E-state index < -0.39 is 0 Å². The first-order valence-electron chi connectivity index (χ1n) is 7.27. The number of carbonyl (C=O) groups is 1. The van der Waals surface area contributed by atoms with E-state index >= 15 is 0 Å². The first-order valence-corrected chi connectivity index (χ1v) is 7.27. The highest BCUT2D eigenvalue weighted by Crippen LogP contribution is 2.20. The van der Waals surface area contributed by atoms with Crippen molar-refractivity contribution in [2.45, 2.75) is 33.2 Å². The van der Waals surface area contributed by atoms with Crippen LogP contribution in [0.2, 0.25) is 0 Å². The highest BCUT2D eigenvalue weighted by molar-refractivity contribution is 5.92. The summed E-state index contributed by atoms with van der Waals surface area (Å²) in [5, 5.41) is 6.85. The molecule has 22 heavy (non-hydrogen) atoms. The van der Waals surface area contributed by atoms with Gasteiger partial charge in [-0.2, -0.15) is 0 Å². The van der Waals surface area contributed by atoms with Crippen LogP contribution in [0.25, 0.3) is 0 Å². The molecule has 0 aliphatic carbocycles. The van der Waals surface area contributed by atoms with Gasteiger partial charge in [0.1, 0.15) is 5.76 Å². The van der Waals surface area contributed by atoms with Crippen LogP contribution in [-0.2, 0) is 11.2 Å². The Balaban J connectivity index is 1.66. The lowest BCUT2D eigenvalue weighted by Crippen LogP contribution is -2.40. The molecule has 1 aliphatic heterocycles. The van der Waals surface area contributed by atoms with E-state index in [0.29, 0.717) is 31.2 Å². The number of aryl methyl sites for hydroxylation is 3. The number of nitrogens with one attached hydrogen (secondary N) is 1. The molecule has 1 aliphatic rings. The summed E-state index contributed by atoms with van der Waals surface area (Å²) in [5.74, 6) is 1.45. The van der Waals surface area contributed by atoms with E-state index in [1.807, 2.05) is 13.0 Å². The molecule has 3 rings (SSSR count). The number of oxazole rings is 1. The molecule has 1 N–H and O–H groups in total. The van der Waals surface area contributed by atoms with Crippen LogP contribution < -0.4 is 5.32 Å². The molecule has 7 nitrogen and oxygen atoms in total. The van der Waals surface area contributed by atoms with Crippen molar-refractivity contribution in [2.24, 2.45) is 5.92 Å². The fraction of sp³-hybridized carbons (Fsp3) is 0.533. The van der Waals surface area contributed by atoms with Gasteiger partial charge in [0.15, 0.2) is 5.89 Å². The zero-order valence-corrected chi connectivity index (χ0v) is 12.9. The quantitative estimate of drug-likeness (QED) is 0.922. The summed E-state index contributed by atoms with van der Waals surface area (Å²) in [4.78, 5) is 16.4. The topological polar surface area (TPSA) is 90.4 Å². The highest BCUT2D eigenvalue weighted by Gasteiger charge is 2.32. The number of nitrogens with zero attached hydrogens (tertiary/aromatic N) is 2. The molecule has 0 saturated carbocycles. The molecule has 0 unspecified atom stereocenters. The maximum atomic E-state index is 12.3. The van der Waals surface area contributed by atoms with Gasteiger partial charge < -0.3 is 19.0 Å². The van der Waals surface area contributed by atoms with Crippen molar-refractivity contribution < 1.29 is 18.5 Å². The smallest absolute Gasteiger partial charge is 0.289 e. The Morgan fingerprint density at radius 1 is 1.36 bits per heavy atom. The summed E-state index contributed by atoms with van der Waals surface area (Å²) >= 11 is 0. The van der Waals surface area contributed by atoms with Crippen molar-refractivity contribution in [3.8, 4) is 0 Å². The summed E-state index contributed by atoms with van der Waals surface area (Å²) < 4.78 is 16.1. The van der Waals surface area contributed by atoms with E-state index in [1.54, 1.807) is 13.8 Å². The second-order valence-corrected chi connectivity index (χ2v) is 5.66. The van der Waals surface area contributed by atoms with Crippen molar-refractivity contribution in [2.75, 3.05) is 13.2 Å². The van der Waals surface area contributed by atoms with E-state index in [1.165, 1.54) is 0 Å². The van der Waals surface area contributed by atoms with Gasteiger partial charge in [-0.3, -0.25) is 4.79 Å². The van der Waals surface area contributed by atoms with Gasteiger partial charge in [0.25, 0.3) is 5.91 Å². The summed E-state index contributed by atoms with van der Waals surface area (Å²) in [6, 6.07) is 1.82. The van der Waals surface area contributed by atoms with Crippen LogP contribution in [0.3, 0.4) is 0 Å². The molecule has 2 aromatic rings. The Morgan fingerprint density at radius 3 is 2.82 bits per heavy atom. The second kappa shape index (κ2) is 5.92. The highest BCUT2D eigenvalue weighted by atomic mass is 16.5. The molecule has 0 bridgehead atoms. The maximum Gasteiger partial charge on any atom is 0.289 e. The number of hydrogen-bond donors (Lipinski definition) is 1. The zero-order valence-electron chi connectivity index (χ0n) is 12.9. The SMILES string of the molecule is Cc1cc(C[C@@H]2COC[C@@H]2NC(=O)c2oc(C)nc2C)on1. The lowest BCUT2D eigenvalue weighted by atomic mass is 9.98. The maximum absolute atomic E-state index is 12.3. The van der Waals surface area contributed by atoms with Crippen LogP contribution >= 0.6 is 0 Å². The molecule has 2 aromatic heterocycles. The Labute approximate surface area is 128 Å². The van der Waals surface area contributed by atoms with Crippen LogP contribution in [-0.4, -0.2) is 35.3 Å². The number of rotatable bonds is 4. The van der Waals surface area contributed by atoms with Crippen LogP contribution in [0.1, 0.15) is 33.6 Å². The van der Waals surface area contributed by atoms with Crippen molar-refractivity contribution in [3.05, 3.63) is 34.9 Å². The van der Waals surface area contributed by atoms with E-state index in [9.17, 15) is 4.79 Å². The monoisotopic (exact) mass is 305 g/mol. The minimum Gasteiger partial charge on any atom is -0.436 e. The Kier molecular flexibility index (Phi) is 3.98. The van der Waals surface area contributed by atoms with Crippen LogP contribution in [0.15, 0.2) is 15.0 Å². The van der Waals surface area contributed by atoms with Gasteiger partial charge in [0, 0.05) is 25.3 Å². The van der Waals surface area contributed by atoms with Crippen LogP contribution in [0, 0.1) is 26.7 Å². The zero-order chi connectivity index (χ0) is 15.7. The third-order valence-corrected chi connectivity index (χ3v) is 3.76. The van der Waals surface area contributed by atoms with E-state index in [2.05, 4.69) is 15.5 Å². The second-order valence-electron chi connectivity index (χ2n) is 5.66. The Morgan fingerprint density at radius 2 is 2.18 bits per heavy atom. The summed E-state index contributed by atoms with van der Waals surface area (Å²) in [5.41, 5.74) is 1.44. The summed E-state index contributed by atoms with van der Waals surface area (Å²) in [6.07, 6.45) is 0.681. The molecule has 0 aromatic carbocycles. The lowest BCUT2D eigenvalue weighted by Gasteiger charge is -2.17. The number of ether oxygens (including phenoxy) is 1. The molecule has 2 atom stereocenters. The van der Waals surface area contributed by atoms with E-state index in [-0.39, 0.29) is 23.6 Å². The van der Waals surface area contributed by atoms with E-state index in [0.717, 1.165) is 11.5 Å². The number of hydrogen-bond acceptors (Lipinski definition) is 6. The number of aromatic nitrogens is 2. The molecule has 0 radical (unpaired) electrons. The summed E-state index contributed by atoms with van der Waals surface area (Å²) in [7, 11) is 0. The largest absolute Gasteiger partial charge is 0.436 e.